The van der Waals surface area contributed by atoms with Crippen LogP contribution < -0.4 is 5.63 Å². The Bertz CT molecular complexity index is 990. The molecule has 0 unspecified atom stereocenters. The Kier molecular flexibility index (Phi) is 5.80. The molecule has 3 aromatic rings. The van der Waals surface area contributed by atoms with Crippen molar-refractivity contribution in [3.63, 3.8) is 0 Å². The van der Waals surface area contributed by atoms with Crippen LogP contribution in [-0.4, -0.2) is 29.3 Å². The smallest absolute Gasteiger partial charge is 0.336 e. The lowest BCUT2D eigenvalue weighted by molar-refractivity contribution is 0.0683. The molecule has 0 amide bonds. The number of aryl methyl sites for hydroxylation is 1. The summed E-state index contributed by atoms with van der Waals surface area (Å²) in [5.74, 6) is 0.171. The first-order valence-corrected chi connectivity index (χ1v) is 10.7. The molecule has 1 aliphatic rings. The summed E-state index contributed by atoms with van der Waals surface area (Å²) in [5, 5.41) is 13.1. The van der Waals surface area contributed by atoms with Crippen LogP contribution in [0.15, 0.2) is 44.9 Å². The van der Waals surface area contributed by atoms with E-state index in [9.17, 15) is 9.90 Å². The number of phenolic OH excluding ortho intramolecular Hbond substituents is 1. The number of phenols is 1. The number of benzene rings is 1. The molecular formula is C22H25NO4S. The van der Waals surface area contributed by atoms with Crippen LogP contribution in [0.5, 0.6) is 5.75 Å². The van der Waals surface area contributed by atoms with Crippen molar-refractivity contribution >= 4 is 22.3 Å². The first kappa shape index (κ1) is 19.2. The first-order chi connectivity index (χ1) is 13.6. The van der Waals surface area contributed by atoms with E-state index in [-0.39, 0.29) is 17.5 Å². The van der Waals surface area contributed by atoms with E-state index in [2.05, 4.69) is 22.4 Å². The van der Waals surface area contributed by atoms with E-state index in [1.54, 1.807) is 23.5 Å². The number of aromatic hydroxyl groups is 1. The lowest BCUT2D eigenvalue weighted by Crippen LogP contribution is -2.31. The Morgan fingerprint density at radius 1 is 1.25 bits per heavy atom. The second kappa shape index (κ2) is 8.47. The highest BCUT2D eigenvalue weighted by Gasteiger charge is 2.21. The van der Waals surface area contributed by atoms with E-state index in [1.165, 1.54) is 4.88 Å². The van der Waals surface area contributed by atoms with Crippen LogP contribution in [0.25, 0.3) is 11.0 Å². The molecule has 0 bridgehead atoms. The third-order valence-electron chi connectivity index (χ3n) is 5.25. The summed E-state index contributed by atoms with van der Waals surface area (Å²) in [6.45, 7) is 5.11. The molecule has 0 radical (unpaired) electrons. The van der Waals surface area contributed by atoms with Crippen molar-refractivity contribution in [2.45, 2.75) is 45.4 Å². The van der Waals surface area contributed by atoms with Crippen molar-refractivity contribution in [2.75, 3.05) is 13.2 Å². The van der Waals surface area contributed by atoms with Gasteiger partial charge in [-0.3, -0.25) is 4.90 Å². The van der Waals surface area contributed by atoms with Gasteiger partial charge in [0.2, 0.25) is 0 Å². The molecule has 0 aliphatic carbocycles. The maximum absolute atomic E-state index is 12.1. The lowest BCUT2D eigenvalue weighted by Gasteiger charge is -2.25. The second-order valence-corrected chi connectivity index (χ2v) is 8.34. The molecule has 148 valence electrons. The van der Waals surface area contributed by atoms with Gasteiger partial charge in [0.1, 0.15) is 11.3 Å². The van der Waals surface area contributed by atoms with E-state index < -0.39 is 0 Å². The molecule has 1 N–H and O–H groups in total. The third-order valence-corrected chi connectivity index (χ3v) is 6.11. The molecule has 2 aromatic heterocycles. The Hall–Kier alpha value is -2.15. The van der Waals surface area contributed by atoms with Gasteiger partial charge in [0.25, 0.3) is 0 Å². The molecule has 28 heavy (non-hydrogen) atoms. The topological polar surface area (TPSA) is 62.9 Å². The molecule has 0 spiro atoms. The standard InChI is InChI=1S/C22H25NO4S/c1-2-15-9-19-16(10-22(25)27-21(19)11-20(15)24)12-23(13-17-5-3-7-26-17)14-18-6-4-8-28-18/h4,6,8-11,17,24H,2-3,5,7,12-14H2,1H3/t17-/m1/s1. The number of rotatable bonds is 7. The summed E-state index contributed by atoms with van der Waals surface area (Å²) in [6.07, 6.45) is 3.14. The van der Waals surface area contributed by atoms with Crippen molar-refractivity contribution in [1.29, 1.82) is 0 Å². The molecule has 1 saturated heterocycles. The zero-order valence-corrected chi connectivity index (χ0v) is 16.8. The third kappa shape index (κ3) is 4.29. The molecule has 5 nitrogen and oxygen atoms in total. The fourth-order valence-corrected chi connectivity index (χ4v) is 4.59. The Morgan fingerprint density at radius 3 is 2.86 bits per heavy atom. The molecule has 3 heterocycles. The Morgan fingerprint density at radius 2 is 2.14 bits per heavy atom. The number of thiophene rings is 1. The number of ether oxygens (including phenoxy) is 1. The summed E-state index contributed by atoms with van der Waals surface area (Å²) in [7, 11) is 0. The Balaban J connectivity index is 1.68. The number of hydrogen-bond donors (Lipinski definition) is 1. The molecule has 0 saturated carbocycles. The average molecular weight is 400 g/mol. The summed E-state index contributed by atoms with van der Waals surface area (Å²) < 4.78 is 11.2. The number of fused-ring (bicyclic) bond motifs is 1. The van der Waals surface area contributed by atoms with Crippen molar-refractivity contribution in [3.8, 4) is 5.75 Å². The molecule has 6 heteroatoms. The predicted octanol–water partition coefficient (Wildman–Crippen LogP) is 4.30. The number of hydrogen-bond acceptors (Lipinski definition) is 6. The molecule has 1 fully saturated rings. The van der Waals surface area contributed by atoms with Crippen molar-refractivity contribution in [3.05, 3.63) is 62.1 Å². The van der Waals surface area contributed by atoms with Crippen LogP contribution in [0.1, 0.15) is 35.8 Å². The van der Waals surface area contributed by atoms with Crippen molar-refractivity contribution in [1.82, 2.24) is 4.90 Å². The highest BCUT2D eigenvalue weighted by Crippen LogP contribution is 2.28. The highest BCUT2D eigenvalue weighted by molar-refractivity contribution is 7.09. The van der Waals surface area contributed by atoms with E-state index in [0.717, 1.165) is 55.5 Å². The minimum Gasteiger partial charge on any atom is -0.508 e. The average Bonchev–Trinajstić information content (AvgIpc) is 3.35. The van der Waals surface area contributed by atoms with Crippen molar-refractivity contribution < 1.29 is 14.3 Å². The first-order valence-electron chi connectivity index (χ1n) is 9.77. The van der Waals surface area contributed by atoms with Crippen LogP contribution in [-0.2, 0) is 24.2 Å². The maximum Gasteiger partial charge on any atom is 0.336 e. The van der Waals surface area contributed by atoms with Crippen LogP contribution in [0, 0.1) is 0 Å². The van der Waals surface area contributed by atoms with Gasteiger partial charge in [-0.25, -0.2) is 4.79 Å². The number of nitrogens with zero attached hydrogens (tertiary/aromatic N) is 1. The molecule has 1 aromatic carbocycles. The minimum atomic E-state index is -0.390. The highest BCUT2D eigenvalue weighted by atomic mass is 32.1. The Labute approximate surface area is 168 Å². The van der Waals surface area contributed by atoms with Gasteiger partial charge in [0.15, 0.2) is 0 Å². The maximum atomic E-state index is 12.1. The molecule has 1 atom stereocenters. The van der Waals surface area contributed by atoms with Gasteiger partial charge in [-0.2, -0.15) is 0 Å². The fourth-order valence-electron chi connectivity index (χ4n) is 3.85. The van der Waals surface area contributed by atoms with E-state index >= 15 is 0 Å². The van der Waals surface area contributed by atoms with Gasteiger partial charge >= 0.3 is 5.63 Å². The zero-order valence-electron chi connectivity index (χ0n) is 16.0. The van der Waals surface area contributed by atoms with Crippen molar-refractivity contribution in [2.24, 2.45) is 0 Å². The van der Waals surface area contributed by atoms with Crippen LogP contribution in [0.4, 0.5) is 0 Å². The van der Waals surface area contributed by atoms with E-state index in [4.69, 9.17) is 9.15 Å². The normalized spacial score (nSPS) is 17.0. The van der Waals surface area contributed by atoms with Gasteiger partial charge < -0.3 is 14.3 Å². The summed E-state index contributed by atoms with van der Waals surface area (Å²) in [4.78, 5) is 15.8. The van der Waals surface area contributed by atoms with Gasteiger partial charge in [-0.15, -0.1) is 11.3 Å². The minimum absolute atomic E-state index is 0.171. The quantitative estimate of drug-likeness (QED) is 0.600. The molecule has 1 aliphatic heterocycles. The predicted molar refractivity (Wildman–Crippen MR) is 111 cm³/mol. The summed E-state index contributed by atoms with van der Waals surface area (Å²) in [6, 6.07) is 9.28. The molecular weight excluding hydrogens is 374 g/mol. The van der Waals surface area contributed by atoms with Crippen LogP contribution >= 0.6 is 11.3 Å². The SMILES string of the molecule is CCc1cc2c(CN(Cc3cccs3)C[C@H]3CCCO3)cc(=O)oc2cc1O. The summed E-state index contributed by atoms with van der Waals surface area (Å²) >= 11 is 1.74. The monoisotopic (exact) mass is 399 g/mol. The van der Waals surface area contributed by atoms with Gasteiger partial charge in [0.05, 0.1) is 6.10 Å². The fraction of sp³-hybridized carbons (Fsp3) is 0.409. The molecule has 4 rings (SSSR count). The van der Waals surface area contributed by atoms with Gasteiger partial charge in [-0.05, 0) is 47.9 Å². The van der Waals surface area contributed by atoms with Gasteiger partial charge in [0, 0.05) is 48.6 Å². The van der Waals surface area contributed by atoms with Crippen LogP contribution in [0.3, 0.4) is 0 Å². The summed E-state index contributed by atoms with van der Waals surface area (Å²) in [5.41, 5.74) is 1.83. The second-order valence-electron chi connectivity index (χ2n) is 7.31. The van der Waals surface area contributed by atoms with E-state index in [1.807, 2.05) is 13.0 Å². The van der Waals surface area contributed by atoms with Crippen LogP contribution in [0.2, 0.25) is 0 Å². The lowest BCUT2D eigenvalue weighted by atomic mass is 10.0. The largest absolute Gasteiger partial charge is 0.508 e. The zero-order chi connectivity index (χ0) is 19.5. The van der Waals surface area contributed by atoms with Gasteiger partial charge in [-0.1, -0.05) is 13.0 Å². The van der Waals surface area contributed by atoms with E-state index in [0.29, 0.717) is 12.1 Å².